The van der Waals surface area contributed by atoms with Crippen LogP contribution >= 0.6 is 0 Å². The van der Waals surface area contributed by atoms with Crippen molar-refractivity contribution in [2.75, 3.05) is 0 Å². The first-order valence-electron chi connectivity index (χ1n) is 9.96. The molecule has 156 valence electrons. The normalized spacial score (nSPS) is 12.5. The smallest absolute Gasteiger partial charge is 0.127 e. The highest BCUT2D eigenvalue weighted by molar-refractivity contribution is 5.55. The number of hydrogen-bond donors (Lipinski definition) is 1. The predicted octanol–water partition coefficient (Wildman–Crippen LogP) is 6.48. The summed E-state index contributed by atoms with van der Waals surface area (Å²) in [6, 6.07) is 24.4. The van der Waals surface area contributed by atoms with Gasteiger partial charge < -0.3 is 5.11 Å². The number of aryl methyl sites for hydroxylation is 1. The van der Waals surface area contributed by atoms with E-state index in [4.69, 9.17) is 0 Å². The van der Waals surface area contributed by atoms with Gasteiger partial charge >= 0.3 is 0 Å². The minimum Gasteiger partial charge on any atom is -0.387 e. The molecule has 1 nitrogen and oxygen atoms in total. The Morgan fingerprint density at radius 1 is 0.581 bits per heavy atom. The maximum absolute atomic E-state index is 15.3. The standard InChI is InChI=1S/C27H21F3O/c1-18-14-16-19(17-15-18)26(31)27(20-8-2-5-11-23(20)28,21-9-3-6-12-24(21)29)22-10-4-7-13-25(22)30/h2-17,26,31H,1H3. The van der Waals surface area contributed by atoms with E-state index in [0.717, 1.165) is 5.56 Å². The first-order chi connectivity index (χ1) is 15.0. The lowest BCUT2D eigenvalue weighted by Gasteiger charge is -2.40. The van der Waals surface area contributed by atoms with Crippen LogP contribution in [-0.4, -0.2) is 5.11 Å². The SMILES string of the molecule is Cc1ccc(C(O)C(c2ccccc2F)(c2ccccc2F)c2ccccc2F)cc1. The van der Waals surface area contributed by atoms with Crippen LogP contribution in [0.5, 0.6) is 0 Å². The van der Waals surface area contributed by atoms with Crippen LogP contribution in [0.3, 0.4) is 0 Å². The molecule has 0 aliphatic rings. The zero-order valence-corrected chi connectivity index (χ0v) is 16.9. The summed E-state index contributed by atoms with van der Waals surface area (Å²) in [5, 5.41) is 11.8. The van der Waals surface area contributed by atoms with Crippen molar-refractivity contribution in [3.63, 3.8) is 0 Å². The molecule has 4 rings (SSSR count). The average Bonchev–Trinajstić information content (AvgIpc) is 2.78. The van der Waals surface area contributed by atoms with E-state index in [1.807, 2.05) is 6.92 Å². The molecule has 0 spiro atoms. The summed E-state index contributed by atoms with van der Waals surface area (Å²) in [6.07, 6.45) is -1.47. The van der Waals surface area contributed by atoms with Crippen LogP contribution in [0.4, 0.5) is 13.2 Å². The Labute approximate surface area is 179 Å². The van der Waals surface area contributed by atoms with Gasteiger partial charge in [-0.3, -0.25) is 0 Å². The molecule has 0 fully saturated rings. The lowest BCUT2D eigenvalue weighted by atomic mass is 9.63. The summed E-state index contributed by atoms with van der Waals surface area (Å²) in [4.78, 5) is 0. The molecule has 4 aromatic carbocycles. The molecule has 4 heteroatoms. The fraction of sp³-hybridized carbons (Fsp3) is 0.111. The van der Waals surface area contributed by atoms with Crippen molar-refractivity contribution in [1.29, 1.82) is 0 Å². The number of hydrogen-bond acceptors (Lipinski definition) is 1. The lowest BCUT2D eigenvalue weighted by molar-refractivity contribution is 0.116. The van der Waals surface area contributed by atoms with Crippen LogP contribution in [0, 0.1) is 24.4 Å². The van der Waals surface area contributed by atoms with E-state index in [0.29, 0.717) is 5.56 Å². The van der Waals surface area contributed by atoms with Gasteiger partial charge in [0.25, 0.3) is 0 Å². The zero-order chi connectivity index (χ0) is 22.0. The van der Waals surface area contributed by atoms with Crippen molar-refractivity contribution < 1.29 is 18.3 Å². The molecule has 0 amide bonds. The van der Waals surface area contributed by atoms with E-state index in [1.165, 1.54) is 54.6 Å². The number of rotatable bonds is 5. The van der Waals surface area contributed by atoms with Crippen LogP contribution in [-0.2, 0) is 5.41 Å². The van der Waals surface area contributed by atoms with Crippen LogP contribution in [0.2, 0.25) is 0 Å². The molecule has 4 aromatic rings. The van der Waals surface area contributed by atoms with Gasteiger partial charge in [0.05, 0.1) is 11.5 Å². The highest BCUT2D eigenvalue weighted by atomic mass is 19.1. The van der Waals surface area contributed by atoms with Gasteiger partial charge in [0.1, 0.15) is 17.5 Å². The molecule has 0 saturated carbocycles. The van der Waals surface area contributed by atoms with E-state index in [1.54, 1.807) is 42.5 Å². The Bertz CT molecular complexity index is 1090. The van der Waals surface area contributed by atoms with Gasteiger partial charge in [-0.1, -0.05) is 84.4 Å². The fourth-order valence-electron chi connectivity index (χ4n) is 4.22. The number of aliphatic hydroxyl groups excluding tert-OH is 1. The summed E-state index contributed by atoms with van der Waals surface area (Å²) >= 11 is 0. The second kappa shape index (κ2) is 8.40. The van der Waals surface area contributed by atoms with Crippen molar-refractivity contribution in [3.8, 4) is 0 Å². The third kappa shape index (κ3) is 3.53. The Balaban J connectivity index is 2.17. The monoisotopic (exact) mass is 418 g/mol. The van der Waals surface area contributed by atoms with E-state index >= 15 is 13.2 Å². The molecule has 0 heterocycles. The summed E-state index contributed by atoms with van der Waals surface area (Å²) in [7, 11) is 0. The third-order valence-corrected chi connectivity index (χ3v) is 5.70. The molecule has 0 saturated heterocycles. The highest BCUT2D eigenvalue weighted by Crippen LogP contribution is 2.50. The van der Waals surface area contributed by atoms with Gasteiger partial charge in [-0.05, 0) is 30.7 Å². The number of aliphatic hydroxyl groups is 1. The first-order valence-corrected chi connectivity index (χ1v) is 9.96. The molecule has 1 atom stereocenters. The van der Waals surface area contributed by atoms with E-state index in [2.05, 4.69) is 0 Å². The minimum absolute atomic E-state index is 0.0155. The Morgan fingerprint density at radius 2 is 0.935 bits per heavy atom. The molecule has 1 N–H and O–H groups in total. The number of benzene rings is 4. The quantitative estimate of drug-likeness (QED) is 0.368. The molecule has 31 heavy (non-hydrogen) atoms. The predicted molar refractivity (Wildman–Crippen MR) is 115 cm³/mol. The topological polar surface area (TPSA) is 20.2 Å². The minimum atomic E-state index is -1.86. The molecule has 0 aliphatic carbocycles. The van der Waals surface area contributed by atoms with E-state index < -0.39 is 29.0 Å². The van der Waals surface area contributed by atoms with Crippen LogP contribution in [0.1, 0.15) is 33.9 Å². The van der Waals surface area contributed by atoms with Crippen molar-refractivity contribution >= 4 is 0 Å². The number of halogens is 3. The Hall–Kier alpha value is -3.37. The summed E-state index contributed by atoms with van der Waals surface area (Å²) in [5.41, 5.74) is -0.531. The van der Waals surface area contributed by atoms with Crippen LogP contribution < -0.4 is 0 Å². The average molecular weight is 418 g/mol. The second-order valence-electron chi connectivity index (χ2n) is 7.56. The molecule has 0 bridgehead atoms. The zero-order valence-electron chi connectivity index (χ0n) is 16.9. The van der Waals surface area contributed by atoms with Gasteiger partial charge in [-0.2, -0.15) is 0 Å². The van der Waals surface area contributed by atoms with Crippen molar-refractivity contribution in [3.05, 3.63) is 142 Å². The first kappa shape index (κ1) is 20.9. The maximum atomic E-state index is 15.3. The van der Waals surface area contributed by atoms with Crippen molar-refractivity contribution in [2.24, 2.45) is 0 Å². The van der Waals surface area contributed by atoms with Crippen molar-refractivity contribution in [2.45, 2.75) is 18.4 Å². The summed E-state index contributed by atoms with van der Waals surface area (Å²) < 4.78 is 45.9. The molecule has 1 unspecified atom stereocenters. The molecular formula is C27H21F3O. The molecule has 0 aliphatic heterocycles. The van der Waals surface area contributed by atoms with E-state index in [-0.39, 0.29) is 16.7 Å². The van der Waals surface area contributed by atoms with Gasteiger partial charge in [0.15, 0.2) is 0 Å². The largest absolute Gasteiger partial charge is 0.387 e. The van der Waals surface area contributed by atoms with Crippen LogP contribution in [0.15, 0.2) is 97.1 Å². The van der Waals surface area contributed by atoms with Crippen molar-refractivity contribution in [1.82, 2.24) is 0 Å². The Morgan fingerprint density at radius 3 is 1.29 bits per heavy atom. The molecule has 0 radical (unpaired) electrons. The van der Waals surface area contributed by atoms with Crippen LogP contribution in [0.25, 0.3) is 0 Å². The second-order valence-corrected chi connectivity index (χ2v) is 7.56. The lowest BCUT2D eigenvalue weighted by Crippen LogP contribution is -2.39. The molecule has 0 aromatic heterocycles. The van der Waals surface area contributed by atoms with Gasteiger partial charge in [-0.15, -0.1) is 0 Å². The maximum Gasteiger partial charge on any atom is 0.127 e. The third-order valence-electron chi connectivity index (χ3n) is 5.70. The van der Waals surface area contributed by atoms with Gasteiger partial charge in [0, 0.05) is 16.7 Å². The Kier molecular flexibility index (Phi) is 5.66. The van der Waals surface area contributed by atoms with E-state index in [9.17, 15) is 5.11 Å². The fourth-order valence-corrected chi connectivity index (χ4v) is 4.22. The summed E-state index contributed by atoms with van der Waals surface area (Å²) in [5.74, 6) is -2.00. The van der Waals surface area contributed by atoms with Gasteiger partial charge in [0.2, 0.25) is 0 Å². The summed E-state index contributed by atoms with van der Waals surface area (Å²) in [6.45, 7) is 1.90. The molecular weight excluding hydrogens is 397 g/mol. The highest BCUT2D eigenvalue weighted by Gasteiger charge is 2.48. The van der Waals surface area contributed by atoms with Gasteiger partial charge in [-0.25, -0.2) is 13.2 Å².